The van der Waals surface area contributed by atoms with Crippen molar-refractivity contribution in [3.63, 3.8) is 0 Å². The molecule has 1 heterocycles. The molecule has 4 heteroatoms. The van der Waals surface area contributed by atoms with E-state index < -0.39 is 0 Å². The molecule has 0 bridgehead atoms. The van der Waals surface area contributed by atoms with Gasteiger partial charge in [-0.15, -0.1) is 0 Å². The third-order valence-corrected chi connectivity index (χ3v) is 2.71. The van der Waals surface area contributed by atoms with Crippen molar-refractivity contribution < 1.29 is 14.6 Å². The highest BCUT2D eigenvalue weighted by atomic mass is 16.4. The lowest BCUT2D eigenvalue weighted by atomic mass is 10.2. The maximum absolute atomic E-state index is 9.12. The van der Waals surface area contributed by atoms with Gasteiger partial charge in [-0.2, -0.15) is 0 Å². The zero-order chi connectivity index (χ0) is 12.8. The van der Waals surface area contributed by atoms with Gasteiger partial charge in [0.05, 0.1) is 13.2 Å². The molecule has 18 heavy (non-hydrogen) atoms. The number of benzene rings is 1. The lowest BCUT2D eigenvalue weighted by Crippen LogP contribution is -2.25. The van der Waals surface area contributed by atoms with Crippen molar-refractivity contribution in [2.45, 2.75) is 13.2 Å². The van der Waals surface area contributed by atoms with Gasteiger partial charge in [0.25, 0.3) is 0 Å². The molecule has 0 amide bonds. The largest absolute Gasteiger partial charge is 0.462 e. The average Bonchev–Trinajstić information content (AvgIpc) is 2.87. The van der Waals surface area contributed by atoms with Gasteiger partial charge in [-0.25, -0.2) is 0 Å². The zero-order valence-electron chi connectivity index (χ0n) is 10.1. The highest BCUT2D eigenvalue weighted by Gasteiger charge is 2.09. The van der Waals surface area contributed by atoms with Crippen molar-refractivity contribution >= 4 is 5.69 Å². The second-order valence-corrected chi connectivity index (χ2v) is 4.01. The van der Waals surface area contributed by atoms with Crippen LogP contribution in [0.25, 0.3) is 0 Å². The van der Waals surface area contributed by atoms with Crippen LogP contribution in [-0.4, -0.2) is 23.4 Å². The van der Waals surface area contributed by atoms with Crippen molar-refractivity contribution in [1.82, 2.24) is 0 Å². The first-order valence-electron chi connectivity index (χ1n) is 5.93. The van der Waals surface area contributed by atoms with E-state index in [0.717, 1.165) is 11.4 Å². The van der Waals surface area contributed by atoms with Crippen LogP contribution >= 0.6 is 0 Å². The minimum Gasteiger partial charge on any atom is -0.462 e. The average molecular weight is 247 g/mol. The van der Waals surface area contributed by atoms with Crippen molar-refractivity contribution in [2.24, 2.45) is 0 Å². The third kappa shape index (κ3) is 3.12. The monoisotopic (exact) mass is 247 g/mol. The molecule has 0 unspecified atom stereocenters. The molecule has 0 radical (unpaired) electrons. The van der Waals surface area contributed by atoms with Crippen LogP contribution in [0.15, 0.2) is 46.9 Å². The van der Waals surface area contributed by atoms with Crippen molar-refractivity contribution in [1.29, 1.82) is 0 Å². The first-order valence-corrected chi connectivity index (χ1v) is 5.93. The standard InChI is InChI=1S/C14H17NO3/c16-9-8-15(12-4-2-1-3-5-12)10-13-6-7-14(11-17)18-13/h1-7,16-17H,8-11H2. The number of furan rings is 1. The van der Waals surface area contributed by atoms with E-state index in [9.17, 15) is 0 Å². The summed E-state index contributed by atoms with van der Waals surface area (Å²) >= 11 is 0. The highest BCUT2D eigenvalue weighted by Crippen LogP contribution is 2.17. The Bertz CT molecular complexity index is 467. The van der Waals surface area contributed by atoms with E-state index in [1.54, 1.807) is 6.07 Å². The molecule has 0 spiro atoms. The molecule has 0 atom stereocenters. The normalized spacial score (nSPS) is 10.6. The van der Waals surface area contributed by atoms with Crippen LogP contribution in [0.3, 0.4) is 0 Å². The van der Waals surface area contributed by atoms with Gasteiger partial charge in [-0.1, -0.05) is 18.2 Å². The second-order valence-electron chi connectivity index (χ2n) is 4.01. The summed E-state index contributed by atoms with van der Waals surface area (Å²) in [6.45, 7) is 1.11. The maximum atomic E-state index is 9.12. The number of aliphatic hydroxyl groups is 2. The van der Waals surface area contributed by atoms with E-state index in [4.69, 9.17) is 14.6 Å². The molecule has 2 aromatic rings. The highest BCUT2D eigenvalue weighted by molar-refractivity contribution is 5.46. The fraction of sp³-hybridized carbons (Fsp3) is 0.286. The Labute approximate surface area is 106 Å². The molecule has 1 aromatic carbocycles. The van der Waals surface area contributed by atoms with Gasteiger partial charge in [0.2, 0.25) is 0 Å². The van der Waals surface area contributed by atoms with Gasteiger partial charge < -0.3 is 19.5 Å². The number of aliphatic hydroxyl groups excluding tert-OH is 2. The summed E-state index contributed by atoms with van der Waals surface area (Å²) in [6.07, 6.45) is 0. The van der Waals surface area contributed by atoms with Gasteiger partial charge in [-0.3, -0.25) is 0 Å². The van der Waals surface area contributed by atoms with E-state index in [0.29, 0.717) is 18.8 Å². The van der Waals surface area contributed by atoms with E-state index >= 15 is 0 Å². The molecular weight excluding hydrogens is 230 g/mol. The van der Waals surface area contributed by atoms with Crippen LogP contribution in [0, 0.1) is 0 Å². The molecule has 4 nitrogen and oxygen atoms in total. The van der Waals surface area contributed by atoms with E-state index in [-0.39, 0.29) is 13.2 Å². The Morgan fingerprint density at radius 3 is 2.28 bits per heavy atom. The van der Waals surface area contributed by atoms with Gasteiger partial charge in [0.1, 0.15) is 18.1 Å². The number of rotatable bonds is 6. The SMILES string of the molecule is OCCN(Cc1ccc(CO)o1)c1ccccc1. The summed E-state index contributed by atoms with van der Waals surface area (Å²) in [5, 5.41) is 18.1. The lowest BCUT2D eigenvalue weighted by molar-refractivity contribution is 0.243. The number of hydrogen-bond donors (Lipinski definition) is 2. The zero-order valence-corrected chi connectivity index (χ0v) is 10.1. The maximum Gasteiger partial charge on any atom is 0.129 e. The molecule has 0 aliphatic rings. The van der Waals surface area contributed by atoms with E-state index in [1.807, 2.05) is 41.3 Å². The predicted octanol–water partition coefficient (Wildman–Crippen LogP) is 1.77. The number of anilines is 1. The lowest BCUT2D eigenvalue weighted by Gasteiger charge is -2.22. The predicted molar refractivity (Wildman–Crippen MR) is 69.2 cm³/mol. The molecule has 1 aromatic heterocycles. The second kappa shape index (κ2) is 6.23. The van der Waals surface area contributed by atoms with Crippen molar-refractivity contribution in [3.05, 3.63) is 54.0 Å². The van der Waals surface area contributed by atoms with Gasteiger partial charge in [0, 0.05) is 12.2 Å². The summed E-state index contributed by atoms with van der Waals surface area (Å²) < 4.78 is 5.46. The first-order chi connectivity index (χ1) is 8.83. The summed E-state index contributed by atoms with van der Waals surface area (Å²) in [6, 6.07) is 13.5. The minimum absolute atomic E-state index is 0.0858. The molecule has 0 saturated heterocycles. The molecule has 0 fully saturated rings. The number of hydrogen-bond acceptors (Lipinski definition) is 4. The fourth-order valence-corrected chi connectivity index (χ4v) is 1.84. The van der Waals surface area contributed by atoms with Crippen LogP contribution in [0.5, 0.6) is 0 Å². The molecule has 0 aliphatic carbocycles. The molecule has 0 saturated carbocycles. The van der Waals surface area contributed by atoms with E-state index in [1.165, 1.54) is 0 Å². The van der Waals surface area contributed by atoms with Gasteiger partial charge in [-0.05, 0) is 24.3 Å². The summed E-state index contributed by atoms with van der Waals surface area (Å²) in [7, 11) is 0. The quantitative estimate of drug-likeness (QED) is 0.817. The Balaban J connectivity index is 2.11. The van der Waals surface area contributed by atoms with Crippen LogP contribution in [-0.2, 0) is 13.2 Å². The first kappa shape index (κ1) is 12.7. The van der Waals surface area contributed by atoms with Crippen LogP contribution in [0.1, 0.15) is 11.5 Å². The summed E-state index contributed by atoms with van der Waals surface area (Å²) in [5.74, 6) is 1.33. The Kier molecular flexibility index (Phi) is 4.39. The van der Waals surface area contributed by atoms with E-state index in [2.05, 4.69) is 0 Å². The van der Waals surface area contributed by atoms with Gasteiger partial charge >= 0.3 is 0 Å². The van der Waals surface area contributed by atoms with Crippen molar-refractivity contribution in [3.8, 4) is 0 Å². The van der Waals surface area contributed by atoms with Crippen LogP contribution in [0.4, 0.5) is 5.69 Å². The van der Waals surface area contributed by atoms with Gasteiger partial charge in [0.15, 0.2) is 0 Å². The molecule has 2 N–H and O–H groups in total. The smallest absolute Gasteiger partial charge is 0.129 e. The molecular formula is C14H17NO3. The summed E-state index contributed by atoms with van der Waals surface area (Å²) in [4.78, 5) is 2.03. The molecule has 2 rings (SSSR count). The topological polar surface area (TPSA) is 56.8 Å². The van der Waals surface area contributed by atoms with Crippen LogP contribution < -0.4 is 4.90 Å². The molecule has 0 aliphatic heterocycles. The third-order valence-electron chi connectivity index (χ3n) is 2.71. The fourth-order valence-electron chi connectivity index (χ4n) is 1.84. The minimum atomic E-state index is -0.0919. The Hall–Kier alpha value is -1.78. The number of nitrogens with zero attached hydrogens (tertiary/aromatic N) is 1. The molecule has 96 valence electrons. The Morgan fingerprint density at radius 1 is 0.944 bits per heavy atom. The van der Waals surface area contributed by atoms with Crippen molar-refractivity contribution in [2.75, 3.05) is 18.1 Å². The van der Waals surface area contributed by atoms with Crippen LogP contribution in [0.2, 0.25) is 0 Å². The Morgan fingerprint density at radius 2 is 1.67 bits per heavy atom. The summed E-state index contributed by atoms with van der Waals surface area (Å²) in [5.41, 5.74) is 1.04. The number of para-hydroxylation sites is 1.